The lowest BCUT2D eigenvalue weighted by Crippen LogP contribution is -2.44. The van der Waals surface area contributed by atoms with E-state index in [1.165, 1.54) is 12.1 Å². The summed E-state index contributed by atoms with van der Waals surface area (Å²) in [7, 11) is 2.07. The molecule has 1 fully saturated rings. The second kappa shape index (κ2) is 10.3. The Morgan fingerprint density at radius 1 is 1.06 bits per heavy atom. The minimum atomic E-state index is -0.285. The van der Waals surface area contributed by atoms with Gasteiger partial charge in [0, 0.05) is 55.0 Å². The predicted octanol–water partition coefficient (Wildman–Crippen LogP) is 4.29. The van der Waals surface area contributed by atoms with Gasteiger partial charge in [0.1, 0.15) is 11.6 Å². The van der Waals surface area contributed by atoms with Crippen LogP contribution in [0.1, 0.15) is 5.56 Å². The molecule has 3 aromatic rings. The predicted molar refractivity (Wildman–Crippen MR) is 135 cm³/mol. The van der Waals surface area contributed by atoms with Crippen LogP contribution in [-0.2, 0) is 4.79 Å². The molecule has 4 rings (SSSR count). The average molecular weight is 462 g/mol. The second-order valence-corrected chi connectivity index (χ2v) is 8.21. The first kappa shape index (κ1) is 23.2. The summed E-state index contributed by atoms with van der Waals surface area (Å²) in [5.41, 5.74) is 3.39. The maximum absolute atomic E-state index is 14.8. The summed E-state index contributed by atoms with van der Waals surface area (Å²) in [5, 5.41) is 9.06. The Bertz CT molecular complexity index is 1190. The Hall–Kier alpha value is -3.98. The van der Waals surface area contributed by atoms with Crippen LogP contribution in [-0.4, -0.2) is 54.0 Å². The summed E-state index contributed by atoms with van der Waals surface area (Å²) in [6.07, 6.45) is 2.91. The van der Waals surface area contributed by atoms with Gasteiger partial charge in [0.05, 0.1) is 5.69 Å². The number of rotatable bonds is 7. The molecule has 9 heteroatoms. The summed E-state index contributed by atoms with van der Waals surface area (Å²) in [4.78, 5) is 24.7. The topological polar surface area (TPSA) is 85.4 Å². The number of nitrogens with zero attached hydrogens (tertiary/aromatic N) is 4. The van der Waals surface area contributed by atoms with Gasteiger partial charge < -0.3 is 25.8 Å². The zero-order valence-electron chi connectivity index (χ0n) is 19.3. The molecule has 1 amide bonds. The third-order valence-electron chi connectivity index (χ3n) is 5.60. The van der Waals surface area contributed by atoms with Gasteiger partial charge >= 0.3 is 0 Å². The number of halogens is 1. The molecule has 34 heavy (non-hydrogen) atoms. The number of carbonyl (C=O) groups is 1. The van der Waals surface area contributed by atoms with Gasteiger partial charge in [-0.2, -0.15) is 4.98 Å². The van der Waals surface area contributed by atoms with Crippen molar-refractivity contribution in [2.24, 2.45) is 0 Å². The molecule has 0 unspecified atom stereocenters. The monoisotopic (exact) mass is 461 g/mol. The molecule has 2 aromatic carbocycles. The van der Waals surface area contributed by atoms with Crippen molar-refractivity contribution in [3.05, 3.63) is 72.7 Å². The SMILES string of the molecule is C=CC(=O)Nc1cccc(Nc2nc(Nc3ccc(N4CCN(C)CC4)c(F)c3)ncc2C)c1. The molecule has 2 heterocycles. The lowest BCUT2D eigenvalue weighted by Gasteiger charge is -2.34. The minimum Gasteiger partial charge on any atom is -0.367 e. The van der Waals surface area contributed by atoms with Crippen LogP contribution in [0.15, 0.2) is 61.3 Å². The number of hydrogen-bond donors (Lipinski definition) is 3. The van der Waals surface area contributed by atoms with Crippen molar-refractivity contribution < 1.29 is 9.18 Å². The normalized spacial score (nSPS) is 13.9. The summed E-state index contributed by atoms with van der Waals surface area (Å²) in [6, 6.07) is 12.4. The fraction of sp³-hybridized carbons (Fsp3) is 0.240. The van der Waals surface area contributed by atoms with E-state index in [1.54, 1.807) is 24.4 Å². The molecule has 1 aliphatic heterocycles. The standard InChI is InChI=1S/C25H28FN7O/c1-4-23(34)28-18-6-5-7-19(14-18)29-24-17(2)16-27-25(31-24)30-20-8-9-22(21(26)15-20)33-12-10-32(3)11-13-33/h4-9,14-16H,1,10-13H2,2-3H3,(H,28,34)(H2,27,29,30,31). The van der Waals surface area contributed by atoms with Crippen molar-refractivity contribution in [3.63, 3.8) is 0 Å². The van der Waals surface area contributed by atoms with Crippen molar-refractivity contribution in [3.8, 4) is 0 Å². The Morgan fingerprint density at radius 3 is 2.53 bits per heavy atom. The van der Waals surface area contributed by atoms with E-state index in [4.69, 9.17) is 0 Å². The lowest BCUT2D eigenvalue weighted by molar-refractivity contribution is -0.111. The molecular formula is C25H28FN7O. The highest BCUT2D eigenvalue weighted by atomic mass is 19.1. The number of amides is 1. The Kier molecular flexibility index (Phi) is 7.03. The van der Waals surface area contributed by atoms with Crippen LogP contribution in [0.3, 0.4) is 0 Å². The van der Waals surface area contributed by atoms with E-state index in [9.17, 15) is 9.18 Å². The summed E-state index contributed by atoms with van der Waals surface area (Å²) < 4.78 is 14.8. The highest BCUT2D eigenvalue weighted by molar-refractivity contribution is 5.99. The number of aryl methyl sites for hydroxylation is 1. The van der Waals surface area contributed by atoms with E-state index in [0.29, 0.717) is 28.8 Å². The van der Waals surface area contributed by atoms with E-state index in [1.807, 2.05) is 25.1 Å². The summed E-state index contributed by atoms with van der Waals surface area (Å²) in [5.74, 6) is 0.376. The number of piperazine rings is 1. The molecule has 1 aliphatic rings. The number of likely N-dealkylation sites (N-methyl/N-ethyl adjacent to an activating group) is 1. The van der Waals surface area contributed by atoms with Gasteiger partial charge in [-0.1, -0.05) is 12.6 Å². The number of anilines is 6. The molecule has 1 aromatic heterocycles. The molecule has 0 atom stereocenters. The first-order valence-corrected chi connectivity index (χ1v) is 11.1. The van der Waals surface area contributed by atoms with Crippen molar-refractivity contribution in [1.29, 1.82) is 0 Å². The molecule has 0 bridgehead atoms. The van der Waals surface area contributed by atoms with Gasteiger partial charge in [0.25, 0.3) is 0 Å². The molecule has 0 radical (unpaired) electrons. The van der Waals surface area contributed by atoms with Crippen LogP contribution in [0.5, 0.6) is 0 Å². The number of carbonyl (C=O) groups excluding carboxylic acids is 1. The van der Waals surface area contributed by atoms with Crippen molar-refractivity contribution in [2.45, 2.75) is 6.92 Å². The fourth-order valence-electron chi connectivity index (χ4n) is 3.65. The van der Waals surface area contributed by atoms with Gasteiger partial charge in [0.15, 0.2) is 0 Å². The number of hydrogen-bond acceptors (Lipinski definition) is 7. The van der Waals surface area contributed by atoms with Crippen LogP contribution in [0.4, 0.5) is 38.9 Å². The smallest absolute Gasteiger partial charge is 0.247 e. The van der Waals surface area contributed by atoms with Crippen LogP contribution < -0.4 is 20.9 Å². The van der Waals surface area contributed by atoms with E-state index in [-0.39, 0.29) is 11.7 Å². The third-order valence-corrected chi connectivity index (χ3v) is 5.60. The van der Waals surface area contributed by atoms with Gasteiger partial charge in [-0.3, -0.25) is 4.79 Å². The highest BCUT2D eigenvalue weighted by Gasteiger charge is 2.17. The number of aromatic nitrogens is 2. The largest absolute Gasteiger partial charge is 0.367 e. The quantitative estimate of drug-likeness (QED) is 0.453. The molecular weight excluding hydrogens is 433 g/mol. The van der Waals surface area contributed by atoms with Crippen molar-refractivity contribution >= 4 is 40.4 Å². The molecule has 8 nitrogen and oxygen atoms in total. The molecule has 1 saturated heterocycles. The maximum Gasteiger partial charge on any atom is 0.247 e. The van der Waals surface area contributed by atoms with Crippen molar-refractivity contribution in [1.82, 2.24) is 14.9 Å². The third kappa shape index (κ3) is 5.68. The average Bonchev–Trinajstić information content (AvgIpc) is 2.82. The van der Waals surface area contributed by atoms with E-state index in [2.05, 4.69) is 49.3 Å². The first-order valence-electron chi connectivity index (χ1n) is 11.1. The van der Waals surface area contributed by atoms with Gasteiger partial charge in [-0.15, -0.1) is 0 Å². The van der Waals surface area contributed by atoms with Crippen LogP contribution in [0.25, 0.3) is 0 Å². The first-order chi connectivity index (χ1) is 16.4. The Labute approximate surface area is 198 Å². The Morgan fingerprint density at radius 2 is 1.79 bits per heavy atom. The zero-order chi connectivity index (χ0) is 24.1. The maximum atomic E-state index is 14.8. The number of nitrogens with one attached hydrogen (secondary N) is 3. The van der Waals surface area contributed by atoms with Crippen LogP contribution in [0.2, 0.25) is 0 Å². The van der Waals surface area contributed by atoms with Gasteiger partial charge in [-0.05, 0) is 56.4 Å². The van der Waals surface area contributed by atoms with E-state index in [0.717, 1.165) is 37.4 Å². The number of benzene rings is 2. The van der Waals surface area contributed by atoms with E-state index < -0.39 is 0 Å². The fourth-order valence-corrected chi connectivity index (χ4v) is 3.65. The van der Waals surface area contributed by atoms with Gasteiger partial charge in [-0.25, -0.2) is 9.37 Å². The summed E-state index contributed by atoms with van der Waals surface area (Å²) >= 11 is 0. The van der Waals surface area contributed by atoms with Crippen molar-refractivity contribution in [2.75, 3.05) is 54.1 Å². The van der Waals surface area contributed by atoms with Crippen LogP contribution >= 0.6 is 0 Å². The molecule has 3 N–H and O–H groups in total. The minimum absolute atomic E-state index is 0.279. The Balaban J connectivity index is 1.47. The molecule has 0 aliphatic carbocycles. The second-order valence-electron chi connectivity index (χ2n) is 8.21. The summed E-state index contributed by atoms with van der Waals surface area (Å²) in [6.45, 7) is 8.77. The molecule has 0 spiro atoms. The molecule has 176 valence electrons. The van der Waals surface area contributed by atoms with Gasteiger partial charge in [0.2, 0.25) is 11.9 Å². The molecule has 0 saturated carbocycles. The zero-order valence-corrected chi connectivity index (χ0v) is 19.3. The lowest BCUT2D eigenvalue weighted by atomic mass is 10.2. The highest BCUT2D eigenvalue weighted by Crippen LogP contribution is 2.26. The van der Waals surface area contributed by atoms with Crippen LogP contribution in [0, 0.1) is 12.7 Å². The van der Waals surface area contributed by atoms with E-state index >= 15 is 0 Å².